The van der Waals surface area contributed by atoms with Gasteiger partial charge in [0, 0.05) is 12.1 Å². The molecule has 0 spiro atoms. The summed E-state index contributed by atoms with van der Waals surface area (Å²) in [4.78, 5) is 0. The van der Waals surface area contributed by atoms with Crippen LogP contribution in [0.4, 0.5) is 0 Å². The number of aryl methyl sites for hydroxylation is 2. The molecule has 1 aromatic rings. The molecular weight excluding hydrogens is 154 g/mol. The quantitative estimate of drug-likeness (QED) is 0.713. The van der Waals surface area contributed by atoms with Gasteiger partial charge in [-0.05, 0) is 27.0 Å². The third-order valence-corrected chi connectivity index (χ3v) is 1.84. The topological polar surface area (TPSA) is 45.4 Å². The number of aliphatic hydroxyl groups is 1. The summed E-state index contributed by atoms with van der Waals surface area (Å²) in [7, 11) is 1.81. The summed E-state index contributed by atoms with van der Waals surface area (Å²) >= 11 is 0. The van der Waals surface area contributed by atoms with E-state index in [1.165, 1.54) is 0 Å². The van der Waals surface area contributed by atoms with E-state index in [-0.39, 0.29) is 0 Å². The zero-order chi connectivity index (χ0) is 9.14. The van der Waals surface area contributed by atoms with Crippen molar-refractivity contribution in [3.63, 3.8) is 0 Å². The Morgan fingerprint density at radius 3 is 2.67 bits per heavy atom. The van der Waals surface area contributed by atoms with Crippen LogP contribution >= 0.6 is 0 Å². The minimum atomic E-state index is -0.465. The summed E-state index contributed by atoms with van der Waals surface area (Å²) in [5.41, 5.74) is 0.877. The van der Waals surface area contributed by atoms with Gasteiger partial charge in [-0.1, -0.05) is 0 Å². The van der Waals surface area contributed by atoms with Gasteiger partial charge in [-0.25, -0.2) is 0 Å². The first kappa shape index (κ1) is 9.29. The predicted molar refractivity (Wildman–Crippen MR) is 47.1 cm³/mol. The van der Waals surface area contributed by atoms with E-state index in [1.807, 2.05) is 27.0 Å². The van der Waals surface area contributed by atoms with Gasteiger partial charge in [-0.2, -0.15) is 0 Å². The highest BCUT2D eigenvalue weighted by molar-refractivity contribution is 5.22. The standard InChI is InChI=1S/C9H15NO2/c1-6-4-8(7(2)12-6)9(11)5-10-3/h4,9-11H,5H2,1-3H3. The summed E-state index contributed by atoms with van der Waals surface area (Å²) in [6.07, 6.45) is -0.465. The Balaban J connectivity index is 2.79. The molecular formula is C9H15NO2. The molecule has 0 saturated carbocycles. The zero-order valence-corrected chi connectivity index (χ0v) is 7.72. The second-order valence-corrected chi connectivity index (χ2v) is 2.94. The number of likely N-dealkylation sites (N-methyl/N-ethyl adjacent to an activating group) is 1. The second-order valence-electron chi connectivity index (χ2n) is 2.94. The average Bonchev–Trinajstić information content (AvgIpc) is 2.30. The van der Waals surface area contributed by atoms with Crippen molar-refractivity contribution in [2.24, 2.45) is 0 Å². The third-order valence-electron chi connectivity index (χ3n) is 1.84. The Morgan fingerprint density at radius 1 is 1.58 bits per heavy atom. The lowest BCUT2D eigenvalue weighted by Crippen LogP contribution is -2.16. The molecule has 0 amide bonds. The predicted octanol–water partition coefficient (Wildman–Crippen LogP) is 1.15. The summed E-state index contributed by atoms with van der Waals surface area (Å²) in [6, 6.07) is 1.87. The summed E-state index contributed by atoms with van der Waals surface area (Å²) in [5.74, 6) is 1.65. The van der Waals surface area contributed by atoms with E-state index in [0.717, 1.165) is 17.1 Å². The van der Waals surface area contributed by atoms with Crippen LogP contribution in [0.15, 0.2) is 10.5 Å². The fraction of sp³-hybridized carbons (Fsp3) is 0.556. The highest BCUT2D eigenvalue weighted by Crippen LogP contribution is 2.20. The molecule has 0 aliphatic heterocycles. The molecule has 0 radical (unpaired) electrons. The maximum Gasteiger partial charge on any atom is 0.106 e. The van der Waals surface area contributed by atoms with Crippen LogP contribution in [0, 0.1) is 13.8 Å². The highest BCUT2D eigenvalue weighted by Gasteiger charge is 2.12. The van der Waals surface area contributed by atoms with E-state index < -0.39 is 6.10 Å². The van der Waals surface area contributed by atoms with Crippen LogP contribution in [0.1, 0.15) is 23.2 Å². The van der Waals surface area contributed by atoms with Crippen molar-refractivity contribution in [3.05, 3.63) is 23.2 Å². The molecule has 0 aliphatic carbocycles. The Morgan fingerprint density at radius 2 is 2.25 bits per heavy atom. The fourth-order valence-corrected chi connectivity index (χ4v) is 1.28. The first-order chi connectivity index (χ1) is 5.65. The van der Waals surface area contributed by atoms with Crippen molar-refractivity contribution in [2.75, 3.05) is 13.6 Å². The van der Waals surface area contributed by atoms with Gasteiger partial charge >= 0.3 is 0 Å². The lowest BCUT2D eigenvalue weighted by Gasteiger charge is -2.07. The lowest BCUT2D eigenvalue weighted by atomic mass is 10.1. The molecule has 0 bridgehead atoms. The van der Waals surface area contributed by atoms with Crippen LogP contribution in [0.5, 0.6) is 0 Å². The summed E-state index contributed by atoms with van der Waals surface area (Å²) in [5, 5.41) is 12.5. The largest absolute Gasteiger partial charge is 0.466 e. The minimum absolute atomic E-state index is 0.465. The fourth-order valence-electron chi connectivity index (χ4n) is 1.28. The molecule has 1 aromatic heterocycles. The molecule has 1 rings (SSSR count). The van der Waals surface area contributed by atoms with Crippen LogP contribution in [0.3, 0.4) is 0 Å². The maximum atomic E-state index is 9.59. The van der Waals surface area contributed by atoms with Gasteiger partial charge in [0.2, 0.25) is 0 Å². The van der Waals surface area contributed by atoms with Gasteiger partial charge in [-0.15, -0.1) is 0 Å². The third kappa shape index (κ3) is 1.87. The van der Waals surface area contributed by atoms with Crippen molar-refractivity contribution in [1.82, 2.24) is 5.32 Å². The van der Waals surface area contributed by atoms with E-state index in [4.69, 9.17) is 4.42 Å². The number of aliphatic hydroxyl groups excluding tert-OH is 1. The van der Waals surface area contributed by atoms with Gasteiger partial charge in [0.1, 0.15) is 11.5 Å². The number of rotatable bonds is 3. The van der Waals surface area contributed by atoms with E-state index >= 15 is 0 Å². The van der Waals surface area contributed by atoms with Gasteiger partial charge in [0.25, 0.3) is 0 Å². The molecule has 2 N–H and O–H groups in total. The Labute approximate surface area is 72.4 Å². The van der Waals surface area contributed by atoms with Crippen molar-refractivity contribution >= 4 is 0 Å². The maximum absolute atomic E-state index is 9.59. The molecule has 1 heterocycles. The van der Waals surface area contributed by atoms with Crippen LogP contribution in [0.2, 0.25) is 0 Å². The normalized spacial score (nSPS) is 13.3. The van der Waals surface area contributed by atoms with Crippen LogP contribution in [0.25, 0.3) is 0 Å². The van der Waals surface area contributed by atoms with E-state index in [0.29, 0.717) is 6.54 Å². The molecule has 3 nitrogen and oxygen atoms in total. The first-order valence-corrected chi connectivity index (χ1v) is 4.04. The zero-order valence-electron chi connectivity index (χ0n) is 7.72. The minimum Gasteiger partial charge on any atom is -0.466 e. The van der Waals surface area contributed by atoms with Crippen molar-refractivity contribution < 1.29 is 9.52 Å². The Hall–Kier alpha value is -0.800. The van der Waals surface area contributed by atoms with Crippen molar-refractivity contribution in [1.29, 1.82) is 0 Å². The second kappa shape index (κ2) is 3.74. The van der Waals surface area contributed by atoms with E-state index in [1.54, 1.807) is 0 Å². The van der Waals surface area contributed by atoms with Gasteiger partial charge < -0.3 is 14.8 Å². The van der Waals surface area contributed by atoms with E-state index in [2.05, 4.69) is 5.32 Å². The smallest absolute Gasteiger partial charge is 0.106 e. The monoisotopic (exact) mass is 169 g/mol. The number of hydrogen-bond donors (Lipinski definition) is 2. The van der Waals surface area contributed by atoms with Crippen LogP contribution in [-0.4, -0.2) is 18.7 Å². The summed E-state index contributed by atoms with van der Waals surface area (Å²) < 4.78 is 5.29. The van der Waals surface area contributed by atoms with Gasteiger partial charge in [-0.3, -0.25) is 0 Å². The Bertz CT molecular complexity index is 255. The van der Waals surface area contributed by atoms with Gasteiger partial charge in [0.05, 0.1) is 6.10 Å². The SMILES string of the molecule is CNCC(O)c1cc(C)oc1C. The van der Waals surface area contributed by atoms with Crippen molar-refractivity contribution in [3.8, 4) is 0 Å². The van der Waals surface area contributed by atoms with Crippen LogP contribution < -0.4 is 5.32 Å². The molecule has 0 saturated heterocycles. The molecule has 3 heteroatoms. The average molecular weight is 169 g/mol. The first-order valence-electron chi connectivity index (χ1n) is 4.04. The molecule has 0 aromatic carbocycles. The molecule has 1 atom stereocenters. The highest BCUT2D eigenvalue weighted by atomic mass is 16.3. The van der Waals surface area contributed by atoms with Crippen molar-refractivity contribution in [2.45, 2.75) is 20.0 Å². The number of nitrogens with one attached hydrogen (secondary N) is 1. The molecule has 1 unspecified atom stereocenters. The van der Waals surface area contributed by atoms with Gasteiger partial charge in [0.15, 0.2) is 0 Å². The lowest BCUT2D eigenvalue weighted by molar-refractivity contribution is 0.176. The Kier molecular flexibility index (Phi) is 2.89. The number of furan rings is 1. The summed E-state index contributed by atoms with van der Waals surface area (Å²) in [6.45, 7) is 4.30. The molecule has 68 valence electrons. The molecule has 0 aliphatic rings. The molecule has 0 fully saturated rings. The molecule has 12 heavy (non-hydrogen) atoms. The van der Waals surface area contributed by atoms with E-state index in [9.17, 15) is 5.11 Å². The number of hydrogen-bond acceptors (Lipinski definition) is 3. The van der Waals surface area contributed by atoms with Crippen LogP contribution in [-0.2, 0) is 0 Å².